The quantitative estimate of drug-likeness (QED) is 0.738. The van der Waals surface area contributed by atoms with E-state index in [2.05, 4.69) is 0 Å². The topological polar surface area (TPSA) is 79.2 Å². The van der Waals surface area contributed by atoms with Crippen molar-refractivity contribution >= 4 is 5.76 Å². The number of phenolic OH excluding ortho intramolecular Hbond substituents is 2. The van der Waals surface area contributed by atoms with Gasteiger partial charge in [0.15, 0.2) is 0 Å². The maximum atomic E-state index is 10.2. The highest BCUT2D eigenvalue weighted by Crippen LogP contribution is 2.45. The Kier molecular flexibility index (Phi) is 3.18. The van der Waals surface area contributed by atoms with Crippen LogP contribution in [0.5, 0.6) is 11.5 Å². The summed E-state index contributed by atoms with van der Waals surface area (Å²) in [6.45, 7) is 3.75. The maximum Gasteiger partial charge on any atom is 0.131 e. The van der Waals surface area contributed by atoms with Crippen LogP contribution in [0.2, 0.25) is 0 Å². The van der Waals surface area contributed by atoms with Gasteiger partial charge in [0.05, 0.1) is 6.10 Å². The molecular weight excluding hydrogens is 308 g/mol. The second-order valence-electron chi connectivity index (χ2n) is 7.12. The molecule has 126 valence electrons. The smallest absolute Gasteiger partial charge is 0.131 e. The zero-order valence-corrected chi connectivity index (χ0v) is 13.6. The van der Waals surface area contributed by atoms with Crippen LogP contribution in [0.15, 0.2) is 47.4 Å². The van der Waals surface area contributed by atoms with Gasteiger partial charge in [0.1, 0.15) is 34.4 Å². The second kappa shape index (κ2) is 5.05. The third kappa shape index (κ3) is 2.45. The minimum atomic E-state index is -0.616. The molecule has 5 nitrogen and oxygen atoms in total. The molecule has 0 saturated carbocycles. The molecule has 24 heavy (non-hydrogen) atoms. The van der Waals surface area contributed by atoms with Gasteiger partial charge < -0.3 is 24.8 Å². The highest BCUT2D eigenvalue weighted by Gasteiger charge is 2.40. The maximum absolute atomic E-state index is 10.2. The zero-order chi connectivity index (χ0) is 17.1. The van der Waals surface area contributed by atoms with Gasteiger partial charge in [-0.2, -0.15) is 0 Å². The average Bonchev–Trinajstić information content (AvgIpc) is 2.88. The van der Waals surface area contributed by atoms with Crippen molar-refractivity contribution in [2.75, 3.05) is 0 Å². The van der Waals surface area contributed by atoms with Gasteiger partial charge in [-0.3, -0.25) is 0 Å². The Morgan fingerprint density at radius 1 is 1.08 bits per heavy atom. The molecule has 3 aliphatic rings. The molecule has 0 spiro atoms. The molecule has 1 aromatic carbocycles. The number of hydrogen-bond donors (Lipinski definition) is 3. The van der Waals surface area contributed by atoms with Crippen molar-refractivity contribution in [1.29, 1.82) is 0 Å². The Labute approximate surface area is 140 Å². The van der Waals surface area contributed by atoms with Gasteiger partial charge in [0, 0.05) is 30.0 Å². The summed E-state index contributed by atoms with van der Waals surface area (Å²) in [4.78, 5) is 0. The lowest BCUT2D eigenvalue weighted by atomic mass is 9.83. The highest BCUT2D eigenvalue weighted by atomic mass is 16.5. The summed E-state index contributed by atoms with van der Waals surface area (Å²) in [5, 5.41) is 29.5. The predicted octanol–water partition coefficient (Wildman–Crippen LogP) is 3.19. The number of aliphatic hydroxyl groups excluding tert-OH is 1. The Morgan fingerprint density at radius 2 is 1.79 bits per heavy atom. The molecule has 0 amide bonds. The molecule has 4 rings (SSSR count). The number of hydrogen-bond acceptors (Lipinski definition) is 5. The fourth-order valence-electron chi connectivity index (χ4n) is 3.40. The number of rotatable bonds is 1. The van der Waals surface area contributed by atoms with E-state index < -0.39 is 11.7 Å². The molecule has 0 aromatic heterocycles. The third-order valence-corrected chi connectivity index (χ3v) is 4.84. The molecule has 0 saturated heterocycles. The minimum absolute atomic E-state index is 0.0102. The fourth-order valence-corrected chi connectivity index (χ4v) is 3.40. The van der Waals surface area contributed by atoms with Gasteiger partial charge in [-0.25, -0.2) is 0 Å². The summed E-state index contributed by atoms with van der Waals surface area (Å²) in [6.07, 6.45) is 4.68. The Morgan fingerprint density at radius 3 is 2.50 bits per heavy atom. The molecule has 2 unspecified atom stereocenters. The first-order chi connectivity index (χ1) is 11.3. The van der Waals surface area contributed by atoms with Crippen LogP contribution >= 0.6 is 0 Å². The van der Waals surface area contributed by atoms with Gasteiger partial charge in [-0.1, -0.05) is 0 Å². The zero-order valence-electron chi connectivity index (χ0n) is 13.6. The SMILES string of the molecule is CC1(C)OC2=C(CC3C=C(c4cc(O)cc(O)c4)OC3=C2)CC1O. The molecule has 3 N–H and O–H groups in total. The summed E-state index contributed by atoms with van der Waals surface area (Å²) in [5.74, 6) is 2.24. The van der Waals surface area contributed by atoms with E-state index in [1.807, 2.05) is 26.0 Å². The number of ether oxygens (including phenoxy) is 2. The molecule has 2 aliphatic heterocycles. The number of fused-ring (bicyclic) bond motifs is 1. The Hall–Kier alpha value is -2.40. The van der Waals surface area contributed by atoms with Crippen molar-refractivity contribution in [2.24, 2.45) is 5.92 Å². The number of aromatic hydroxyl groups is 2. The molecule has 0 fully saturated rings. The van der Waals surface area contributed by atoms with E-state index in [1.165, 1.54) is 6.07 Å². The van der Waals surface area contributed by atoms with E-state index in [0.717, 1.165) is 23.5 Å². The van der Waals surface area contributed by atoms with Gasteiger partial charge in [-0.05, 0) is 44.1 Å². The Bertz CT molecular complexity index is 780. The van der Waals surface area contributed by atoms with Crippen molar-refractivity contribution in [3.63, 3.8) is 0 Å². The van der Waals surface area contributed by atoms with E-state index in [4.69, 9.17) is 9.47 Å². The summed E-state index contributed by atoms with van der Waals surface area (Å²) in [5.41, 5.74) is 1.10. The molecule has 0 bridgehead atoms. The van der Waals surface area contributed by atoms with E-state index in [0.29, 0.717) is 17.7 Å². The number of benzene rings is 1. The summed E-state index contributed by atoms with van der Waals surface area (Å²) in [7, 11) is 0. The van der Waals surface area contributed by atoms with Gasteiger partial charge >= 0.3 is 0 Å². The first-order valence-corrected chi connectivity index (χ1v) is 8.05. The standard InChI is InChI=1S/C19H20O5/c1-19(2)18(22)7-11-3-10-6-15(23-16(10)9-17(11)24-19)12-4-13(20)8-14(21)5-12/h4-6,8-10,18,20-22H,3,7H2,1-2H3. The van der Waals surface area contributed by atoms with E-state index in [1.54, 1.807) is 12.1 Å². The molecule has 2 atom stereocenters. The van der Waals surface area contributed by atoms with Crippen LogP contribution in [-0.4, -0.2) is 27.0 Å². The number of phenols is 2. The monoisotopic (exact) mass is 328 g/mol. The molecule has 1 aliphatic carbocycles. The summed E-state index contributed by atoms with van der Waals surface area (Å²) >= 11 is 0. The largest absolute Gasteiger partial charge is 0.508 e. The summed E-state index contributed by atoms with van der Waals surface area (Å²) < 4.78 is 11.9. The summed E-state index contributed by atoms with van der Waals surface area (Å²) in [6, 6.07) is 4.39. The van der Waals surface area contributed by atoms with E-state index in [-0.39, 0.29) is 17.4 Å². The van der Waals surface area contributed by atoms with Crippen molar-refractivity contribution in [2.45, 2.75) is 38.4 Å². The van der Waals surface area contributed by atoms with Crippen LogP contribution in [0, 0.1) is 5.92 Å². The van der Waals surface area contributed by atoms with Crippen molar-refractivity contribution in [3.05, 3.63) is 53.0 Å². The molecule has 0 radical (unpaired) electrons. The van der Waals surface area contributed by atoms with E-state index in [9.17, 15) is 15.3 Å². The molecule has 5 heteroatoms. The van der Waals surface area contributed by atoms with Crippen LogP contribution in [0.25, 0.3) is 5.76 Å². The number of allylic oxidation sites excluding steroid dienone is 2. The molecule has 1 aromatic rings. The van der Waals surface area contributed by atoms with Crippen LogP contribution in [0.1, 0.15) is 32.3 Å². The molecular formula is C19H20O5. The lowest BCUT2D eigenvalue weighted by molar-refractivity contribution is -0.0812. The van der Waals surface area contributed by atoms with Gasteiger partial charge in [0.2, 0.25) is 0 Å². The lowest BCUT2D eigenvalue weighted by Gasteiger charge is -2.39. The Balaban J connectivity index is 1.63. The van der Waals surface area contributed by atoms with Gasteiger partial charge in [-0.15, -0.1) is 0 Å². The lowest BCUT2D eigenvalue weighted by Crippen LogP contribution is -2.43. The van der Waals surface area contributed by atoms with Gasteiger partial charge in [0.25, 0.3) is 0 Å². The van der Waals surface area contributed by atoms with Crippen molar-refractivity contribution in [1.82, 2.24) is 0 Å². The highest BCUT2D eigenvalue weighted by molar-refractivity contribution is 5.67. The van der Waals surface area contributed by atoms with Crippen LogP contribution in [0.3, 0.4) is 0 Å². The van der Waals surface area contributed by atoms with E-state index >= 15 is 0 Å². The first-order valence-electron chi connectivity index (χ1n) is 8.05. The predicted molar refractivity (Wildman–Crippen MR) is 87.8 cm³/mol. The number of aliphatic hydroxyl groups is 1. The van der Waals surface area contributed by atoms with Crippen LogP contribution in [-0.2, 0) is 9.47 Å². The second-order valence-corrected chi connectivity index (χ2v) is 7.12. The van der Waals surface area contributed by atoms with Crippen molar-refractivity contribution in [3.8, 4) is 11.5 Å². The normalized spacial score (nSPS) is 27.5. The molecule has 2 heterocycles. The fraction of sp³-hybridized carbons (Fsp3) is 0.368. The van der Waals surface area contributed by atoms with Crippen LogP contribution < -0.4 is 0 Å². The first kappa shape index (κ1) is 15.1. The average molecular weight is 328 g/mol. The van der Waals surface area contributed by atoms with Crippen molar-refractivity contribution < 1.29 is 24.8 Å². The third-order valence-electron chi connectivity index (χ3n) is 4.84. The minimum Gasteiger partial charge on any atom is -0.508 e. The van der Waals surface area contributed by atoms with Crippen LogP contribution in [0.4, 0.5) is 0 Å².